The van der Waals surface area contributed by atoms with Crippen LogP contribution in [0, 0.1) is 5.82 Å². The van der Waals surface area contributed by atoms with Crippen molar-refractivity contribution < 1.29 is 17.6 Å². The minimum absolute atomic E-state index is 0.133. The van der Waals surface area contributed by atoms with Gasteiger partial charge in [0.2, 0.25) is 5.91 Å². The second-order valence-corrected chi connectivity index (χ2v) is 10.8. The predicted octanol–water partition coefficient (Wildman–Crippen LogP) is 3.88. The summed E-state index contributed by atoms with van der Waals surface area (Å²) in [6.45, 7) is 0. The maximum Gasteiger partial charge on any atom is 0.280 e. The Hall–Kier alpha value is -1.89. The van der Waals surface area contributed by atoms with Crippen LogP contribution in [0.5, 0.6) is 0 Å². The van der Waals surface area contributed by atoms with Gasteiger partial charge in [-0.2, -0.15) is 17.4 Å². The van der Waals surface area contributed by atoms with Gasteiger partial charge in [0.05, 0.1) is 21.5 Å². The van der Waals surface area contributed by atoms with Crippen LogP contribution in [0.3, 0.4) is 0 Å². The minimum Gasteiger partial charge on any atom is -0.325 e. The summed E-state index contributed by atoms with van der Waals surface area (Å²) in [4.78, 5) is 19.7. The average molecular weight is 487 g/mol. The van der Waals surface area contributed by atoms with Gasteiger partial charge in [-0.25, -0.2) is 4.39 Å². The van der Waals surface area contributed by atoms with E-state index in [2.05, 4.69) is 15.0 Å². The van der Waals surface area contributed by atoms with E-state index in [4.69, 9.17) is 11.6 Å². The van der Waals surface area contributed by atoms with Crippen LogP contribution in [-0.2, 0) is 15.0 Å². The first-order valence-electron chi connectivity index (χ1n) is 8.74. The number of hydrogen-bond acceptors (Lipinski definition) is 6. The molecule has 1 aliphatic heterocycles. The van der Waals surface area contributed by atoms with E-state index < -0.39 is 34.0 Å². The Morgan fingerprint density at radius 3 is 2.83 bits per heavy atom. The van der Waals surface area contributed by atoms with Gasteiger partial charge in [0, 0.05) is 28.7 Å². The highest BCUT2D eigenvalue weighted by Gasteiger charge is 2.41. The highest BCUT2D eigenvalue weighted by molar-refractivity contribution is 7.87. The summed E-state index contributed by atoms with van der Waals surface area (Å²) in [5.41, 5.74) is 2.02. The van der Waals surface area contributed by atoms with E-state index in [0.29, 0.717) is 0 Å². The lowest BCUT2D eigenvalue weighted by molar-refractivity contribution is -0.120. The maximum atomic E-state index is 13.4. The van der Waals surface area contributed by atoms with Crippen LogP contribution in [0.1, 0.15) is 17.3 Å². The fourth-order valence-corrected chi connectivity index (χ4v) is 6.41. The van der Waals surface area contributed by atoms with Gasteiger partial charge in [-0.3, -0.25) is 9.78 Å². The fraction of sp³-hybridized carbons (Fsp3) is 0.222. The summed E-state index contributed by atoms with van der Waals surface area (Å²) < 4.78 is 42.2. The summed E-state index contributed by atoms with van der Waals surface area (Å²) >= 11 is 8.71. The zero-order valence-electron chi connectivity index (χ0n) is 15.5. The average Bonchev–Trinajstić information content (AvgIpc) is 3.38. The van der Waals surface area contributed by atoms with Crippen molar-refractivity contribution in [2.75, 3.05) is 12.4 Å². The molecule has 0 aliphatic carbocycles. The monoisotopic (exact) mass is 486 g/mol. The number of likely N-dealkylation sites (N-methyl/N-ethyl adjacent to an activating group) is 1. The zero-order chi connectivity index (χ0) is 21.5. The van der Waals surface area contributed by atoms with Gasteiger partial charge in [0.25, 0.3) is 10.2 Å². The molecule has 0 bridgehead atoms. The van der Waals surface area contributed by atoms with Gasteiger partial charge in [0.1, 0.15) is 11.9 Å². The quantitative estimate of drug-likeness (QED) is 0.585. The van der Waals surface area contributed by atoms with Crippen molar-refractivity contribution in [1.82, 2.24) is 14.0 Å². The van der Waals surface area contributed by atoms with Gasteiger partial charge in [0.15, 0.2) is 0 Å². The number of nitrogens with one attached hydrogen (secondary N) is 2. The highest BCUT2D eigenvalue weighted by Crippen LogP contribution is 2.37. The van der Waals surface area contributed by atoms with E-state index in [1.165, 1.54) is 41.9 Å². The molecule has 0 spiro atoms. The third kappa shape index (κ3) is 4.27. The summed E-state index contributed by atoms with van der Waals surface area (Å²) in [5.74, 6) is -1.12. The molecule has 3 aromatic rings. The Morgan fingerprint density at radius 2 is 2.13 bits per heavy atom. The van der Waals surface area contributed by atoms with Crippen LogP contribution < -0.4 is 10.0 Å². The number of benzene rings is 1. The Balaban J connectivity index is 1.57. The van der Waals surface area contributed by atoms with Crippen molar-refractivity contribution in [2.24, 2.45) is 0 Å². The number of halogens is 2. The summed E-state index contributed by atoms with van der Waals surface area (Å²) in [6, 6.07) is 6.05. The van der Waals surface area contributed by atoms with Crippen molar-refractivity contribution >= 4 is 56.1 Å². The third-order valence-electron chi connectivity index (χ3n) is 4.70. The summed E-state index contributed by atoms with van der Waals surface area (Å²) in [5, 5.41) is 2.49. The third-order valence-corrected chi connectivity index (χ3v) is 8.76. The molecule has 1 aliphatic rings. The number of amides is 1. The maximum absolute atomic E-state index is 13.4. The van der Waals surface area contributed by atoms with E-state index in [-0.39, 0.29) is 17.1 Å². The highest BCUT2D eigenvalue weighted by atomic mass is 35.5. The lowest BCUT2D eigenvalue weighted by atomic mass is 10.1. The van der Waals surface area contributed by atoms with Crippen molar-refractivity contribution in [1.29, 1.82) is 0 Å². The topological polar surface area (TPSA) is 91.4 Å². The lowest BCUT2D eigenvalue weighted by Gasteiger charge is -2.35. The van der Waals surface area contributed by atoms with E-state index >= 15 is 0 Å². The van der Waals surface area contributed by atoms with Gasteiger partial charge >= 0.3 is 0 Å². The number of hydrogen-bond donors (Lipinski definition) is 2. The van der Waals surface area contributed by atoms with E-state index in [1.807, 2.05) is 12.1 Å². The zero-order valence-corrected chi connectivity index (χ0v) is 18.7. The van der Waals surface area contributed by atoms with Crippen molar-refractivity contribution in [3.05, 3.63) is 57.8 Å². The van der Waals surface area contributed by atoms with Gasteiger partial charge in [-0.15, -0.1) is 22.7 Å². The van der Waals surface area contributed by atoms with Gasteiger partial charge in [-0.05, 0) is 36.8 Å². The molecule has 0 radical (unpaired) electrons. The lowest BCUT2D eigenvalue weighted by Crippen LogP contribution is -2.55. The van der Waals surface area contributed by atoms with Crippen LogP contribution >= 0.6 is 34.3 Å². The van der Waals surface area contributed by atoms with Crippen LogP contribution in [0.2, 0.25) is 5.02 Å². The molecule has 2 aromatic heterocycles. The minimum atomic E-state index is -3.87. The molecule has 0 saturated carbocycles. The second-order valence-electron chi connectivity index (χ2n) is 6.63. The summed E-state index contributed by atoms with van der Waals surface area (Å²) in [7, 11) is -2.53. The predicted molar refractivity (Wildman–Crippen MR) is 116 cm³/mol. The smallest absolute Gasteiger partial charge is 0.280 e. The van der Waals surface area contributed by atoms with Gasteiger partial charge < -0.3 is 5.32 Å². The van der Waals surface area contributed by atoms with E-state index in [0.717, 1.165) is 25.0 Å². The fourth-order valence-electron chi connectivity index (χ4n) is 3.11. The largest absolute Gasteiger partial charge is 0.325 e. The molecule has 2 unspecified atom stereocenters. The second kappa shape index (κ2) is 8.33. The number of rotatable bonds is 4. The number of aromatic nitrogens is 1. The first-order chi connectivity index (χ1) is 14.2. The molecule has 158 valence electrons. The number of anilines is 1. The Morgan fingerprint density at radius 1 is 1.33 bits per heavy atom. The number of nitrogens with zero attached hydrogens (tertiary/aromatic N) is 2. The molecule has 2 atom stereocenters. The molecule has 1 aromatic carbocycles. The van der Waals surface area contributed by atoms with E-state index in [1.54, 1.807) is 11.7 Å². The molecule has 12 heteroatoms. The van der Waals surface area contributed by atoms with Crippen molar-refractivity contribution in [3.63, 3.8) is 0 Å². The van der Waals surface area contributed by atoms with Crippen LogP contribution in [0.4, 0.5) is 10.1 Å². The standard InChI is InChI=1S/C18H16ClFN4O3S3/c1-24-14(18(25)22-10-2-3-12(20)11(19)6-10)7-13(23-30(24,26)27)15-4-5-16(29-15)17-8-21-9-28-17/h2-6,8-9,13-14,23H,7H2,1H3,(H,22,25). The molecule has 1 amide bonds. The number of carbonyl (C=O) groups is 1. The molecule has 4 rings (SSSR count). The Labute approximate surface area is 185 Å². The SMILES string of the molecule is CN1C(C(=O)Nc2ccc(F)c(Cl)c2)CC(c2ccc(-c3cncs3)s2)NS1(=O)=O. The molecule has 3 heterocycles. The molecule has 1 saturated heterocycles. The number of thiophene rings is 1. The molecular weight excluding hydrogens is 471 g/mol. The van der Waals surface area contributed by atoms with Crippen molar-refractivity contribution in [3.8, 4) is 9.75 Å². The first kappa shape index (κ1) is 21.3. The van der Waals surface area contributed by atoms with Crippen LogP contribution in [0.15, 0.2) is 42.0 Å². The first-order valence-corrected chi connectivity index (χ1v) is 12.3. The Bertz CT molecular complexity index is 1180. The van der Waals surface area contributed by atoms with Crippen molar-refractivity contribution in [2.45, 2.75) is 18.5 Å². The number of thiazole rings is 1. The molecule has 1 fully saturated rings. The Kier molecular flexibility index (Phi) is 5.93. The number of carbonyl (C=O) groups excluding carboxylic acids is 1. The molecular formula is C18H16ClFN4O3S3. The normalized spacial score (nSPS) is 21.4. The van der Waals surface area contributed by atoms with Crippen LogP contribution in [0.25, 0.3) is 9.75 Å². The van der Waals surface area contributed by atoms with E-state index in [9.17, 15) is 17.6 Å². The van der Waals surface area contributed by atoms with Gasteiger partial charge in [-0.1, -0.05) is 11.6 Å². The van der Waals surface area contributed by atoms with Crippen LogP contribution in [-0.4, -0.2) is 36.7 Å². The molecule has 30 heavy (non-hydrogen) atoms. The summed E-state index contributed by atoms with van der Waals surface area (Å²) in [6.07, 6.45) is 1.99. The molecule has 7 nitrogen and oxygen atoms in total. The molecule has 2 N–H and O–H groups in total.